The first-order valence-corrected chi connectivity index (χ1v) is 4.13. The zero-order valence-electron chi connectivity index (χ0n) is 7.51. The maximum atomic E-state index is 12.7. The van der Waals surface area contributed by atoms with E-state index in [0.717, 1.165) is 0 Å². The molecule has 0 aromatic carbocycles. The van der Waals surface area contributed by atoms with Gasteiger partial charge in [0, 0.05) is 6.54 Å². The fourth-order valence-electron chi connectivity index (χ4n) is 1.31. The highest BCUT2D eigenvalue weighted by Crippen LogP contribution is 2.15. The van der Waals surface area contributed by atoms with E-state index in [1.807, 2.05) is 0 Å². The monoisotopic (exact) mass is 174 g/mol. The second kappa shape index (κ2) is 3.01. The van der Waals surface area contributed by atoms with E-state index in [2.05, 4.69) is 0 Å². The summed E-state index contributed by atoms with van der Waals surface area (Å²) in [7, 11) is 0. The summed E-state index contributed by atoms with van der Waals surface area (Å²) < 4.78 is 12.7. The molecule has 0 spiro atoms. The summed E-state index contributed by atoms with van der Waals surface area (Å²) in [6.45, 7) is 3.99. The largest absolute Gasteiger partial charge is 0.338 e. The van der Waals surface area contributed by atoms with Crippen LogP contribution in [-0.2, 0) is 4.79 Å². The molecule has 1 heterocycles. The van der Waals surface area contributed by atoms with Gasteiger partial charge in [-0.05, 0) is 20.3 Å². The number of carbonyl (C=O) groups excluding carboxylic acids is 1. The number of alkyl halides is 1. The third-order valence-corrected chi connectivity index (χ3v) is 1.97. The van der Waals surface area contributed by atoms with Gasteiger partial charge in [0.1, 0.15) is 6.17 Å². The topological polar surface area (TPSA) is 46.3 Å². The van der Waals surface area contributed by atoms with E-state index in [9.17, 15) is 9.18 Å². The molecule has 1 atom stereocenters. The molecule has 4 heteroatoms. The van der Waals surface area contributed by atoms with Crippen LogP contribution >= 0.6 is 0 Å². The molecular formula is C8H15FN2O. The zero-order valence-corrected chi connectivity index (χ0v) is 7.51. The third kappa shape index (κ3) is 1.94. The van der Waals surface area contributed by atoms with Crippen molar-refractivity contribution in [1.82, 2.24) is 4.90 Å². The van der Waals surface area contributed by atoms with Gasteiger partial charge in [0.05, 0.1) is 12.1 Å². The van der Waals surface area contributed by atoms with Crippen molar-refractivity contribution in [3.8, 4) is 0 Å². The van der Waals surface area contributed by atoms with E-state index in [-0.39, 0.29) is 12.5 Å². The number of amides is 1. The Bertz CT molecular complexity index is 188. The van der Waals surface area contributed by atoms with Crippen molar-refractivity contribution in [3.63, 3.8) is 0 Å². The van der Waals surface area contributed by atoms with Crippen LogP contribution in [0.1, 0.15) is 20.3 Å². The number of hydrogen-bond donors (Lipinski definition) is 1. The van der Waals surface area contributed by atoms with Crippen LogP contribution in [0.5, 0.6) is 0 Å². The number of halogens is 1. The van der Waals surface area contributed by atoms with Crippen molar-refractivity contribution in [2.45, 2.75) is 32.0 Å². The number of rotatable bonds is 1. The minimum Gasteiger partial charge on any atom is -0.338 e. The van der Waals surface area contributed by atoms with E-state index < -0.39 is 11.7 Å². The number of hydrogen-bond acceptors (Lipinski definition) is 2. The normalized spacial score (nSPS) is 24.7. The molecule has 0 saturated carbocycles. The third-order valence-electron chi connectivity index (χ3n) is 1.97. The molecule has 12 heavy (non-hydrogen) atoms. The second-order valence-electron chi connectivity index (χ2n) is 3.86. The van der Waals surface area contributed by atoms with Crippen LogP contribution in [0.15, 0.2) is 0 Å². The number of carbonyl (C=O) groups is 1. The predicted octanol–water partition coefficient (Wildman–Crippen LogP) is 0.294. The van der Waals surface area contributed by atoms with Crippen molar-refractivity contribution in [2.75, 3.05) is 13.1 Å². The van der Waals surface area contributed by atoms with Gasteiger partial charge in [0.2, 0.25) is 5.91 Å². The van der Waals surface area contributed by atoms with Gasteiger partial charge in [-0.25, -0.2) is 4.39 Å². The first kappa shape index (κ1) is 9.45. The van der Waals surface area contributed by atoms with Crippen molar-refractivity contribution in [2.24, 2.45) is 5.73 Å². The van der Waals surface area contributed by atoms with Crippen LogP contribution in [-0.4, -0.2) is 35.6 Å². The molecule has 70 valence electrons. The van der Waals surface area contributed by atoms with Crippen LogP contribution in [0.25, 0.3) is 0 Å². The van der Waals surface area contributed by atoms with Gasteiger partial charge < -0.3 is 10.6 Å². The summed E-state index contributed by atoms with van der Waals surface area (Å²) in [5.74, 6) is -0.164. The van der Waals surface area contributed by atoms with Gasteiger partial charge in [0.15, 0.2) is 0 Å². The molecule has 2 N–H and O–H groups in total. The lowest BCUT2D eigenvalue weighted by molar-refractivity contribution is -0.134. The van der Waals surface area contributed by atoms with Crippen LogP contribution < -0.4 is 5.73 Å². The van der Waals surface area contributed by atoms with E-state index >= 15 is 0 Å². The van der Waals surface area contributed by atoms with Gasteiger partial charge in [-0.3, -0.25) is 4.79 Å². The Morgan fingerprint density at radius 1 is 1.67 bits per heavy atom. The first-order chi connectivity index (χ1) is 5.41. The Labute approximate surface area is 71.7 Å². The lowest BCUT2D eigenvalue weighted by Gasteiger charge is -2.24. The molecule has 1 rings (SSSR count). The highest BCUT2D eigenvalue weighted by molar-refractivity contribution is 5.85. The predicted molar refractivity (Wildman–Crippen MR) is 44.4 cm³/mol. The number of nitrogens with two attached hydrogens (primary N) is 1. The molecular weight excluding hydrogens is 159 g/mol. The van der Waals surface area contributed by atoms with Crippen molar-refractivity contribution >= 4 is 5.91 Å². The lowest BCUT2D eigenvalue weighted by Crippen LogP contribution is -2.50. The quantitative estimate of drug-likeness (QED) is 0.621. The summed E-state index contributed by atoms with van der Waals surface area (Å²) in [6.07, 6.45) is -0.418. The molecule has 1 saturated heterocycles. The molecule has 0 aromatic rings. The average Bonchev–Trinajstić information content (AvgIpc) is 2.32. The fourth-order valence-corrected chi connectivity index (χ4v) is 1.31. The highest BCUT2D eigenvalue weighted by atomic mass is 19.1. The summed E-state index contributed by atoms with van der Waals surface area (Å²) in [4.78, 5) is 12.9. The number of likely N-dealkylation sites (tertiary alicyclic amines) is 1. The van der Waals surface area contributed by atoms with Crippen LogP contribution in [0.3, 0.4) is 0 Å². The summed E-state index contributed by atoms with van der Waals surface area (Å²) in [6, 6.07) is 0. The molecule has 1 amide bonds. The molecule has 0 aromatic heterocycles. The van der Waals surface area contributed by atoms with Crippen molar-refractivity contribution in [1.29, 1.82) is 0 Å². The van der Waals surface area contributed by atoms with E-state index in [1.54, 1.807) is 13.8 Å². The van der Waals surface area contributed by atoms with E-state index in [4.69, 9.17) is 5.73 Å². The van der Waals surface area contributed by atoms with Gasteiger partial charge >= 0.3 is 0 Å². The van der Waals surface area contributed by atoms with Crippen molar-refractivity contribution in [3.05, 3.63) is 0 Å². The Kier molecular flexibility index (Phi) is 2.37. The van der Waals surface area contributed by atoms with E-state index in [0.29, 0.717) is 13.0 Å². The summed E-state index contributed by atoms with van der Waals surface area (Å²) in [5, 5.41) is 0. The average molecular weight is 174 g/mol. The van der Waals surface area contributed by atoms with Gasteiger partial charge in [-0.15, -0.1) is 0 Å². The minimum absolute atomic E-state index is 0.164. The first-order valence-electron chi connectivity index (χ1n) is 4.13. The molecule has 1 unspecified atom stereocenters. The van der Waals surface area contributed by atoms with E-state index in [1.165, 1.54) is 4.90 Å². The highest BCUT2D eigenvalue weighted by Gasteiger charge is 2.32. The standard InChI is InChI=1S/C8H15FN2O/c1-8(2,10)7(12)11-4-3-6(9)5-11/h6H,3-5,10H2,1-2H3. The smallest absolute Gasteiger partial charge is 0.242 e. The second-order valence-corrected chi connectivity index (χ2v) is 3.86. The minimum atomic E-state index is -0.871. The Balaban J connectivity index is 2.55. The number of nitrogens with zero attached hydrogens (tertiary/aromatic N) is 1. The van der Waals surface area contributed by atoms with Gasteiger partial charge in [0.25, 0.3) is 0 Å². The maximum Gasteiger partial charge on any atom is 0.242 e. The molecule has 0 bridgehead atoms. The van der Waals surface area contributed by atoms with Crippen LogP contribution in [0.4, 0.5) is 4.39 Å². The Morgan fingerprint density at radius 2 is 2.25 bits per heavy atom. The van der Waals surface area contributed by atoms with Gasteiger partial charge in [-0.1, -0.05) is 0 Å². The van der Waals surface area contributed by atoms with Crippen LogP contribution in [0, 0.1) is 0 Å². The molecule has 1 aliphatic heterocycles. The molecule has 1 aliphatic rings. The van der Waals surface area contributed by atoms with Crippen LogP contribution in [0.2, 0.25) is 0 Å². The molecule has 1 fully saturated rings. The Hall–Kier alpha value is -0.640. The lowest BCUT2D eigenvalue weighted by atomic mass is 10.1. The molecule has 0 aliphatic carbocycles. The SMILES string of the molecule is CC(C)(N)C(=O)N1CCC(F)C1. The summed E-state index contributed by atoms with van der Waals surface area (Å²) >= 11 is 0. The van der Waals surface area contributed by atoms with Gasteiger partial charge in [-0.2, -0.15) is 0 Å². The Morgan fingerprint density at radius 3 is 2.58 bits per heavy atom. The summed E-state index contributed by atoms with van der Waals surface area (Å²) in [5.41, 5.74) is 4.72. The molecule has 3 nitrogen and oxygen atoms in total. The fraction of sp³-hybridized carbons (Fsp3) is 0.875. The zero-order chi connectivity index (χ0) is 9.35. The molecule has 0 radical (unpaired) electrons. The maximum absolute atomic E-state index is 12.7. The van der Waals surface area contributed by atoms with Crippen molar-refractivity contribution < 1.29 is 9.18 Å².